The van der Waals surface area contributed by atoms with Crippen LogP contribution in [-0.4, -0.2) is 19.2 Å². The summed E-state index contributed by atoms with van der Waals surface area (Å²) in [5, 5.41) is 2.73. The van der Waals surface area contributed by atoms with Crippen LogP contribution in [0, 0.1) is 6.92 Å². The second-order valence-corrected chi connectivity index (χ2v) is 7.91. The highest BCUT2D eigenvalue weighted by molar-refractivity contribution is 7.83. The third kappa shape index (κ3) is 3.52. The molecule has 0 saturated carbocycles. The molecule has 0 aliphatic heterocycles. The highest BCUT2D eigenvalue weighted by Gasteiger charge is 2.13. The lowest BCUT2D eigenvalue weighted by Crippen LogP contribution is -2.05. The number of aromatic nitrogens is 3. The number of aryl methyl sites for hydroxylation is 1. The average Bonchev–Trinajstić information content (AvgIpc) is 3.26. The Morgan fingerprint density at radius 1 is 1.04 bits per heavy atom. The molecule has 1 aromatic carbocycles. The highest BCUT2D eigenvalue weighted by atomic mass is 32.2. The van der Waals surface area contributed by atoms with Crippen molar-refractivity contribution in [2.45, 2.75) is 18.4 Å². The average molecular weight is 369 g/mol. The third-order valence-electron chi connectivity index (χ3n) is 3.73. The summed E-state index contributed by atoms with van der Waals surface area (Å²) in [6.45, 7) is 1.91. The Balaban J connectivity index is 1.50. The zero-order chi connectivity index (χ0) is 17.2. The largest absolute Gasteiger partial charge is 0.462 e. The molecule has 3 aromatic heterocycles. The van der Waals surface area contributed by atoms with E-state index >= 15 is 0 Å². The van der Waals surface area contributed by atoms with E-state index in [1.54, 1.807) is 6.26 Å². The minimum Gasteiger partial charge on any atom is -0.462 e. The van der Waals surface area contributed by atoms with Crippen molar-refractivity contribution in [2.24, 2.45) is 0 Å². The topological polar surface area (TPSA) is 68.9 Å². The van der Waals surface area contributed by atoms with Crippen molar-refractivity contribution in [1.82, 2.24) is 15.0 Å². The van der Waals surface area contributed by atoms with Gasteiger partial charge >= 0.3 is 0 Å². The molecule has 7 heteroatoms. The standard InChI is InChI=1S/C18H15N3O2S2/c1-12-16(21-15-6-3-2-5-14(15)19-12)11-25(22)10-13-9-24-18(20-13)17-7-4-8-23-17/h2-9H,10-11H2,1H3. The van der Waals surface area contributed by atoms with Crippen molar-refractivity contribution >= 4 is 33.2 Å². The van der Waals surface area contributed by atoms with Gasteiger partial charge in [-0.1, -0.05) is 12.1 Å². The quantitative estimate of drug-likeness (QED) is 0.530. The smallest absolute Gasteiger partial charge is 0.162 e. The number of benzene rings is 1. The van der Waals surface area contributed by atoms with Gasteiger partial charge in [0.2, 0.25) is 0 Å². The molecule has 0 saturated heterocycles. The van der Waals surface area contributed by atoms with Gasteiger partial charge in [-0.2, -0.15) is 0 Å². The van der Waals surface area contributed by atoms with Gasteiger partial charge in [-0.05, 0) is 31.2 Å². The maximum absolute atomic E-state index is 12.6. The molecule has 4 rings (SSSR count). The molecule has 3 heterocycles. The summed E-state index contributed by atoms with van der Waals surface area (Å²) in [6.07, 6.45) is 1.62. The minimum atomic E-state index is -1.10. The predicted molar refractivity (Wildman–Crippen MR) is 99.6 cm³/mol. The molecule has 0 amide bonds. The SMILES string of the molecule is Cc1nc2ccccc2nc1CS(=O)Cc1csc(-c2ccco2)n1. The van der Waals surface area contributed by atoms with Crippen LogP contribution in [0.5, 0.6) is 0 Å². The Labute approximate surface area is 151 Å². The molecule has 0 spiro atoms. The molecule has 4 aromatic rings. The van der Waals surface area contributed by atoms with Gasteiger partial charge in [0.15, 0.2) is 10.8 Å². The van der Waals surface area contributed by atoms with Crippen molar-refractivity contribution in [2.75, 3.05) is 0 Å². The predicted octanol–water partition coefficient (Wildman–Crippen LogP) is 4.10. The van der Waals surface area contributed by atoms with Crippen LogP contribution in [0.2, 0.25) is 0 Å². The van der Waals surface area contributed by atoms with Gasteiger partial charge in [0, 0.05) is 16.2 Å². The summed E-state index contributed by atoms with van der Waals surface area (Å²) in [5.41, 5.74) is 4.09. The van der Waals surface area contributed by atoms with Crippen molar-refractivity contribution in [3.8, 4) is 10.8 Å². The molecule has 5 nitrogen and oxygen atoms in total. The Morgan fingerprint density at radius 2 is 1.84 bits per heavy atom. The van der Waals surface area contributed by atoms with Crippen LogP contribution in [0.1, 0.15) is 17.1 Å². The van der Waals surface area contributed by atoms with Crippen LogP contribution in [0.15, 0.2) is 52.5 Å². The first-order valence-electron chi connectivity index (χ1n) is 7.74. The first kappa shape index (κ1) is 16.1. The lowest BCUT2D eigenvalue weighted by atomic mass is 10.2. The number of hydrogen-bond acceptors (Lipinski definition) is 6. The van der Waals surface area contributed by atoms with E-state index in [4.69, 9.17) is 4.42 Å². The molecule has 0 N–H and O–H groups in total. The van der Waals surface area contributed by atoms with Crippen molar-refractivity contribution in [1.29, 1.82) is 0 Å². The van der Waals surface area contributed by atoms with Crippen molar-refractivity contribution < 1.29 is 8.63 Å². The van der Waals surface area contributed by atoms with Gasteiger partial charge in [0.25, 0.3) is 0 Å². The highest BCUT2D eigenvalue weighted by Crippen LogP contribution is 2.24. The molecule has 0 aliphatic carbocycles. The maximum Gasteiger partial charge on any atom is 0.162 e. The lowest BCUT2D eigenvalue weighted by molar-refractivity contribution is 0.581. The molecular weight excluding hydrogens is 354 g/mol. The number of fused-ring (bicyclic) bond motifs is 1. The summed E-state index contributed by atoms with van der Waals surface area (Å²) in [4.78, 5) is 13.7. The van der Waals surface area contributed by atoms with Gasteiger partial charge in [0.05, 0.1) is 45.9 Å². The van der Waals surface area contributed by atoms with Crippen LogP contribution in [0.4, 0.5) is 0 Å². The molecule has 126 valence electrons. The van der Waals surface area contributed by atoms with Gasteiger partial charge in [-0.3, -0.25) is 4.21 Å². The van der Waals surface area contributed by atoms with Crippen molar-refractivity contribution in [3.05, 3.63) is 65.1 Å². The van der Waals surface area contributed by atoms with E-state index in [1.807, 2.05) is 48.7 Å². The zero-order valence-electron chi connectivity index (χ0n) is 13.5. The van der Waals surface area contributed by atoms with Crippen LogP contribution in [0.25, 0.3) is 21.8 Å². The van der Waals surface area contributed by atoms with E-state index in [0.717, 1.165) is 38.9 Å². The van der Waals surface area contributed by atoms with Crippen LogP contribution in [0.3, 0.4) is 0 Å². The molecule has 0 bridgehead atoms. The second kappa shape index (κ2) is 6.85. The summed E-state index contributed by atoms with van der Waals surface area (Å²) < 4.78 is 17.9. The van der Waals surface area contributed by atoms with Gasteiger partial charge in [0.1, 0.15) is 0 Å². The molecule has 0 fully saturated rings. The maximum atomic E-state index is 12.6. The first-order chi connectivity index (χ1) is 12.2. The fraction of sp³-hybridized carbons (Fsp3) is 0.167. The van der Waals surface area contributed by atoms with Gasteiger partial charge in [-0.25, -0.2) is 15.0 Å². The normalized spacial score (nSPS) is 12.5. The number of thiazole rings is 1. The van der Waals surface area contributed by atoms with Gasteiger partial charge in [-0.15, -0.1) is 11.3 Å². The monoisotopic (exact) mass is 369 g/mol. The number of furan rings is 1. The lowest BCUT2D eigenvalue weighted by Gasteiger charge is -2.06. The Hall–Kier alpha value is -2.38. The number of nitrogens with zero attached hydrogens (tertiary/aromatic N) is 3. The van der Waals surface area contributed by atoms with E-state index in [1.165, 1.54) is 11.3 Å². The van der Waals surface area contributed by atoms with Crippen molar-refractivity contribution in [3.63, 3.8) is 0 Å². The fourth-order valence-electron chi connectivity index (χ4n) is 2.52. The number of para-hydroxylation sites is 2. The molecular formula is C18H15N3O2S2. The number of rotatable bonds is 5. The molecule has 0 aliphatic rings. The first-order valence-corrected chi connectivity index (χ1v) is 10.1. The van der Waals surface area contributed by atoms with Crippen LogP contribution >= 0.6 is 11.3 Å². The molecule has 0 radical (unpaired) electrons. The molecule has 1 atom stereocenters. The summed E-state index contributed by atoms with van der Waals surface area (Å²) >= 11 is 1.49. The Kier molecular flexibility index (Phi) is 4.42. The minimum absolute atomic E-state index is 0.372. The van der Waals surface area contributed by atoms with E-state index in [0.29, 0.717) is 11.5 Å². The number of hydrogen-bond donors (Lipinski definition) is 0. The summed E-state index contributed by atoms with van der Waals surface area (Å²) in [5.74, 6) is 1.50. The third-order valence-corrected chi connectivity index (χ3v) is 5.85. The van der Waals surface area contributed by atoms with Crippen LogP contribution in [-0.2, 0) is 22.3 Å². The second-order valence-electron chi connectivity index (χ2n) is 5.59. The Morgan fingerprint density at radius 3 is 2.60 bits per heavy atom. The summed E-state index contributed by atoms with van der Waals surface area (Å²) in [6, 6.07) is 11.4. The summed E-state index contributed by atoms with van der Waals surface area (Å²) in [7, 11) is -1.10. The van der Waals surface area contributed by atoms with E-state index in [9.17, 15) is 4.21 Å². The van der Waals surface area contributed by atoms with E-state index < -0.39 is 10.8 Å². The zero-order valence-corrected chi connectivity index (χ0v) is 15.1. The van der Waals surface area contributed by atoms with Gasteiger partial charge < -0.3 is 4.42 Å². The molecule has 1 unspecified atom stereocenters. The molecule has 25 heavy (non-hydrogen) atoms. The van der Waals surface area contributed by atoms with E-state index in [2.05, 4.69) is 15.0 Å². The van der Waals surface area contributed by atoms with Crippen LogP contribution < -0.4 is 0 Å². The Bertz CT molecular complexity index is 1040. The fourth-order valence-corrected chi connectivity index (χ4v) is 4.57. The van der Waals surface area contributed by atoms with E-state index in [-0.39, 0.29) is 0 Å².